The van der Waals surface area contributed by atoms with Crippen LogP contribution in [-0.4, -0.2) is 12.9 Å². The minimum atomic E-state index is 0.295. The molecule has 1 fully saturated rings. The highest BCUT2D eigenvalue weighted by atomic mass is 16.5. The van der Waals surface area contributed by atoms with E-state index in [1.54, 1.807) is 7.11 Å². The molecule has 0 heterocycles. The van der Waals surface area contributed by atoms with Crippen molar-refractivity contribution in [3.63, 3.8) is 0 Å². The van der Waals surface area contributed by atoms with Crippen molar-refractivity contribution in [2.45, 2.75) is 32.2 Å². The number of carbonyl (C=O) groups excluding carboxylic acids is 1. The summed E-state index contributed by atoms with van der Waals surface area (Å²) in [4.78, 5) is 11.6. The van der Waals surface area contributed by atoms with Gasteiger partial charge in [-0.15, -0.1) is 0 Å². The van der Waals surface area contributed by atoms with Crippen molar-refractivity contribution >= 4 is 5.78 Å². The number of ether oxygens (including phenoxy) is 1. The molecule has 0 aromatic heterocycles. The first-order valence-corrected chi connectivity index (χ1v) is 6.38. The Labute approximate surface area is 108 Å². The lowest BCUT2D eigenvalue weighted by molar-refractivity contribution is -0.116. The summed E-state index contributed by atoms with van der Waals surface area (Å²) in [7, 11) is 1.66. The molecule has 0 bridgehead atoms. The monoisotopic (exact) mass is 245 g/mol. The molecule has 3 heteroatoms. The van der Waals surface area contributed by atoms with Crippen LogP contribution in [0.2, 0.25) is 0 Å². The van der Waals surface area contributed by atoms with E-state index >= 15 is 0 Å². The van der Waals surface area contributed by atoms with Crippen molar-refractivity contribution in [2.75, 3.05) is 7.11 Å². The Hall–Kier alpha value is -1.77. The van der Waals surface area contributed by atoms with E-state index in [0.717, 1.165) is 37.1 Å². The van der Waals surface area contributed by atoms with Crippen molar-refractivity contribution in [3.05, 3.63) is 41.6 Å². The Morgan fingerprint density at radius 3 is 2.61 bits per heavy atom. The molecule has 0 aliphatic heterocycles. The number of carbonyl (C=O) groups is 1. The Morgan fingerprint density at radius 1 is 1.22 bits per heavy atom. The van der Waals surface area contributed by atoms with Crippen LogP contribution >= 0.6 is 0 Å². The number of ketones is 1. The zero-order valence-corrected chi connectivity index (χ0v) is 10.7. The van der Waals surface area contributed by atoms with Crippen LogP contribution in [0.15, 0.2) is 36.0 Å². The molecule has 0 radical (unpaired) electrons. The van der Waals surface area contributed by atoms with Gasteiger partial charge in [-0.25, -0.2) is 0 Å². The third-order valence-corrected chi connectivity index (χ3v) is 3.20. The summed E-state index contributed by atoms with van der Waals surface area (Å²) in [6, 6.07) is 7.92. The second-order valence-electron chi connectivity index (χ2n) is 4.53. The molecule has 1 N–H and O–H groups in total. The van der Waals surface area contributed by atoms with Crippen LogP contribution in [0.3, 0.4) is 0 Å². The number of Topliss-reactive ketones (excluding diaryl/α,β-unsaturated/α-hetero) is 1. The normalized spacial score (nSPS) is 17.8. The van der Waals surface area contributed by atoms with Crippen molar-refractivity contribution in [3.8, 4) is 5.75 Å². The summed E-state index contributed by atoms with van der Waals surface area (Å²) < 4.78 is 5.11. The summed E-state index contributed by atoms with van der Waals surface area (Å²) in [5.41, 5.74) is 2.12. The lowest BCUT2D eigenvalue weighted by Gasteiger charge is -2.12. The molecule has 0 saturated heterocycles. The molecule has 96 valence electrons. The van der Waals surface area contributed by atoms with Gasteiger partial charge in [0, 0.05) is 24.7 Å². The Morgan fingerprint density at radius 2 is 1.94 bits per heavy atom. The zero-order valence-electron chi connectivity index (χ0n) is 10.7. The van der Waals surface area contributed by atoms with Gasteiger partial charge in [0.05, 0.1) is 7.11 Å². The molecule has 1 aliphatic rings. The molecular formula is C15H19NO2. The topological polar surface area (TPSA) is 38.3 Å². The number of benzene rings is 1. The van der Waals surface area contributed by atoms with Crippen LogP contribution in [0.4, 0.5) is 0 Å². The van der Waals surface area contributed by atoms with E-state index in [1.165, 1.54) is 5.56 Å². The average molecular weight is 245 g/mol. The number of methoxy groups -OCH3 is 1. The lowest BCUT2D eigenvalue weighted by atomic mass is 9.94. The van der Waals surface area contributed by atoms with Gasteiger partial charge in [-0.2, -0.15) is 0 Å². The molecule has 18 heavy (non-hydrogen) atoms. The molecule has 0 spiro atoms. The first kappa shape index (κ1) is 12.7. The largest absolute Gasteiger partial charge is 0.497 e. The first-order valence-electron chi connectivity index (χ1n) is 6.38. The Balaban J connectivity index is 1.87. The fourth-order valence-corrected chi connectivity index (χ4v) is 2.09. The first-order chi connectivity index (χ1) is 8.79. The summed E-state index contributed by atoms with van der Waals surface area (Å²) in [5, 5.41) is 3.22. The van der Waals surface area contributed by atoms with Gasteiger partial charge in [0.2, 0.25) is 0 Å². The minimum absolute atomic E-state index is 0.295. The quantitative estimate of drug-likeness (QED) is 0.829. The van der Waals surface area contributed by atoms with E-state index in [-0.39, 0.29) is 0 Å². The van der Waals surface area contributed by atoms with Gasteiger partial charge in [0.1, 0.15) is 5.75 Å². The predicted molar refractivity (Wildman–Crippen MR) is 71.4 cm³/mol. The van der Waals surface area contributed by atoms with Crippen LogP contribution in [0.25, 0.3) is 0 Å². The molecule has 2 rings (SSSR count). The molecule has 1 aromatic rings. The third kappa shape index (κ3) is 3.36. The van der Waals surface area contributed by atoms with Gasteiger partial charge in [-0.1, -0.05) is 12.1 Å². The predicted octanol–water partition coefficient (Wildman–Crippen LogP) is 2.81. The maximum Gasteiger partial charge on any atom is 0.160 e. The van der Waals surface area contributed by atoms with Crippen LogP contribution in [0.1, 0.15) is 31.2 Å². The SMILES string of the molecule is COc1ccc(CN/C=C2/CCCCC2=O)cc1. The van der Waals surface area contributed by atoms with Gasteiger partial charge < -0.3 is 10.1 Å². The van der Waals surface area contributed by atoms with Crippen molar-refractivity contribution in [1.82, 2.24) is 5.32 Å². The van der Waals surface area contributed by atoms with E-state index in [9.17, 15) is 4.79 Å². The van der Waals surface area contributed by atoms with Crippen molar-refractivity contribution in [2.24, 2.45) is 0 Å². The van der Waals surface area contributed by atoms with Crippen molar-refractivity contribution < 1.29 is 9.53 Å². The van der Waals surface area contributed by atoms with Gasteiger partial charge in [-0.05, 0) is 37.0 Å². The maximum atomic E-state index is 11.6. The van der Waals surface area contributed by atoms with Crippen LogP contribution in [0.5, 0.6) is 5.75 Å². The van der Waals surface area contributed by atoms with Gasteiger partial charge in [-0.3, -0.25) is 4.79 Å². The van der Waals surface area contributed by atoms with E-state index in [1.807, 2.05) is 30.5 Å². The van der Waals surface area contributed by atoms with E-state index < -0.39 is 0 Å². The maximum absolute atomic E-state index is 11.6. The molecule has 0 atom stereocenters. The van der Waals surface area contributed by atoms with E-state index in [0.29, 0.717) is 12.2 Å². The number of hydrogen-bond donors (Lipinski definition) is 1. The molecule has 1 aromatic carbocycles. The fourth-order valence-electron chi connectivity index (χ4n) is 2.09. The second-order valence-corrected chi connectivity index (χ2v) is 4.53. The Kier molecular flexibility index (Phi) is 4.40. The molecular weight excluding hydrogens is 226 g/mol. The molecule has 1 saturated carbocycles. The van der Waals surface area contributed by atoms with Crippen molar-refractivity contribution in [1.29, 1.82) is 0 Å². The summed E-state index contributed by atoms with van der Waals surface area (Å²) in [5.74, 6) is 1.16. The van der Waals surface area contributed by atoms with E-state index in [2.05, 4.69) is 5.32 Å². The lowest BCUT2D eigenvalue weighted by Crippen LogP contribution is -2.13. The standard InChI is InChI=1S/C15H19NO2/c1-18-14-8-6-12(7-9-14)10-16-11-13-4-2-3-5-15(13)17/h6-9,11,16H,2-5,10H2,1H3/b13-11-. The summed E-state index contributed by atoms with van der Waals surface area (Å²) in [6.07, 6.45) is 5.66. The zero-order chi connectivity index (χ0) is 12.8. The summed E-state index contributed by atoms with van der Waals surface area (Å²) in [6.45, 7) is 0.737. The van der Waals surface area contributed by atoms with Gasteiger partial charge in [0.15, 0.2) is 5.78 Å². The number of allylic oxidation sites excluding steroid dienone is 1. The highest BCUT2D eigenvalue weighted by Gasteiger charge is 2.13. The third-order valence-electron chi connectivity index (χ3n) is 3.20. The minimum Gasteiger partial charge on any atom is -0.497 e. The number of rotatable bonds is 4. The Bertz CT molecular complexity index is 434. The number of nitrogens with one attached hydrogen (secondary N) is 1. The van der Waals surface area contributed by atoms with Gasteiger partial charge in [0.25, 0.3) is 0 Å². The molecule has 3 nitrogen and oxygen atoms in total. The molecule has 0 unspecified atom stereocenters. The second kappa shape index (κ2) is 6.24. The molecule has 1 aliphatic carbocycles. The van der Waals surface area contributed by atoms with Crippen LogP contribution in [0, 0.1) is 0 Å². The average Bonchev–Trinajstić information content (AvgIpc) is 2.42. The summed E-state index contributed by atoms with van der Waals surface area (Å²) >= 11 is 0. The molecule has 0 amide bonds. The fraction of sp³-hybridized carbons (Fsp3) is 0.400. The van der Waals surface area contributed by atoms with E-state index in [4.69, 9.17) is 4.74 Å². The number of hydrogen-bond acceptors (Lipinski definition) is 3. The smallest absolute Gasteiger partial charge is 0.160 e. The van der Waals surface area contributed by atoms with Crippen LogP contribution in [-0.2, 0) is 11.3 Å². The van der Waals surface area contributed by atoms with Gasteiger partial charge >= 0.3 is 0 Å². The van der Waals surface area contributed by atoms with Crippen LogP contribution < -0.4 is 10.1 Å². The highest BCUT2D eigenvalue weighted by Crippen LogP contribution is 2.19. The highest BCUT2D eigenvalue weighted by molar-refractivity contribution is 5.95.